The second-order valence-electron chi connectivity index (χ2n) is 5.48. The number of hydrogen-bond acceptors (Lipinski definition) is 3. The summed E-state index contributed by atoms with van der Waals surface area (Å²) >= 11 is 0. The molecule has 110 valence electrons. The summed E-state index contributed by atoms with van der Waals surface area (Å²) in [6, 6.07) is 7.91. The first kappa shape index (κ1) is 15.0. The number of Topliss-reactive ketones (excluding diaryl/α,β-unsaturated/α-hetero) is 1. The van der Waals surface area contributed by atoms with Crippen LogP contribution in [0.15, 0.2) is 24.3 Å². The Morgan fingerprint density at radius 1 is 1.15 bits per heavy atom. The molecule has 0 saturated heterocycles. The molecular formula is C17H24O3. The highest BCUT2D eigenvalue weighted by molar-refractivity contribution is 5.82. The van der Waals surface area contributed by atoms with E-state index < -0.39 is 0 Å². The Kier molecular flexibility index (Phi) is 6.06. The Morgan fingerprint density at radius 3 is 2.50 bits per heavy atom. The van der Waals surface area contributed by atoms with Gasteiger partial charge in [0.15, 0.2) is 5.78 Å². The molecule has 0 unspecified atom stereocenters. The van der Waals surface area contributed by atoms with E-state index in [-0.39, 0.29) is 18.3 Å². The molecule has 0 atom stereocenters. The first-order valence-corrected chi connectivity index (χ1v) is 7.53. The third-order valence-corrected chi connectivity index (χ3v) is 3.96. The largest absolute Gasteiger partial charge is 0.486 e. The molecule has 0 spiro atoms. The Hall–Kier alpha value is -1.35. The van der Waals surface area contributed by atoms with E-state index in [4.69, 9.17) is 9.47 Å². The van der Waals surface area contributed by atoms with E-state index in [0.717, 1.165) is 31.6 Å². The van der Waals surface area contributed by atoms with Crippen LogP contribution in [0.2, 0.25) is 0 Å². The predicted octanol–water partition coefficient (Wildman–Crippen LogP) is 3.40. The second kappa shape index (κ2) is 8.05. The van der Waals surface area contributed by atoms with Gasteiger partial charge in [0, 0.05) is 13.0 Å². The quantitative estimate of drug-likeness (QED) is 0.765. The van der Waals surface area contributed by atoms with Gasteiger partial charge in [-0.25, -0.2) is 0 Å². The molecule has 1 aromatic carbocycles. The van der Waals surface area contributed by atoms with Crippen molar-refractivity contribution >= 4 is 5.78 Å². The summed E-state index contributed by atoms with van der Waals surface area (Å²) in [5, 5.41) is 0. The smallest absolute Gasteiger partial charge is 0.173 e. The molecule has 0 N–H and O–H groups in total. The highest BCUT2D eigenvalue weighted by Crippen LogP contribution is 2.24. The monoisotopic (exact) mass is 276 g/mol. The molecule has 1 aliphatic carbocycles. The van der Waals surface area contributed by atoms with Crippen molar-refractivity contribution in [3.05, 3.63) is 29.8 Å². The van der Waals surface area contributed by atoms with Crippen molar-refractivity contribution in [2.24, 2.45) is 5.92 Å². The van der Waals surface area contributed by atoms with E-state index in [1.165, 1.54) is 24.8 Å². The van der Waals surface area contributed by atoms with Crippen molar-refractivity contribution in [1.29, 1.82) is 0 Å². The first-order chi connectivity index (χ1) is 9.79. The molecule has 3 heteroatoms. The van der Waals surface area contributed by atoms with Crippen LogP contribution < -0.4 is 4.74 Å². The van der Waals surface area contributed by atoms with Crippen LogP contribution in [-0.2, 0) is 16.0 Å². The minimum Gasteiger partial charge on any atom is -0.486 e. The van der Waals surface area contributed by atoms with E-state index in [1.54, 1.807) is 7.11 Å². The molecule has 1 fully saturated rings. The number of carbonyl (C=O) groups excluding carboxylic acids is 1. The van der Waals surface area contributed by atoms with Crippen LogP contribution in [0, 0.1) is 5.92 Å². The number of carbonyl (C=O) groups is 1. The zero-order valence-corrected chi connectivity index (χ0v) is 12.3. The molecule has 0 radical (unpaired) electrons. The number of ether oxygens (including phenoxy) is 2. The van der Waals surface area contributed by atoms with Crippen LogP contribution in [0.3, 0.4) is 0 Å². The number of methoxy groups -OCH3 is 1. The number of ketones is 1. The third kappa shape index (κ3) is 4.64. The maximum absolute atomic E-state index is 12.0. The number of rotatable bonds is 7. The van der Waals surface area contributed by atoms with Gasteiger partial charge in [-0.05, 0) is 37.0 Å². The molecule has 1 aromatic rings. The lowest BCUT2D eigenvalue weighted by Crippen LogP contribution is -2.23. The van der Waals surface area contributed by atoms with Crippen LogP contribution in [0.4, 0.5) is 0 Å². The molecule has 1 aliphatic rings. The minimum absolute atomic E-state index is 0.210. The zero-order valence-electron chi connectivity index (χ0n) is 12.3. The van der Waals surface area contributed by atoms with Crippen LogP contribution >= 0.6 is 0 Å². The lowest BCUT2D eigenvalue weighted by molar-refractivity contribution is -0.125. The summed E-state index contributed by atoms with van der Waals surface area (Å²) in [6.45, 7) is 0.933. The Morgan fingerprint density at radius 2 is 1.85 bits per heavy atom. The van der Waals surface area contributed by atoms with Crippen molar-refractivity contribution in [2.75, 3.05) is 20.3 Å². The van der Waals surface area contributed by atoms with E-state index in [1.807, 2.05) is 24.3 Å². The predicted molar refractivity (Wildman–Crippen MR) is 79.1 cm³/mol. The standard InChI is InChI=1S/C17H24O3/c1-19-12-11-14-7-9-16(10-8-14)20-13-17(18)15-5-3-2-4-6-15/h7-10,15H,2-6,11-13H2,1H3. The molecular weight excluding hydrogens is 252 g/mol. The molecule has 0 bridgehead atoms. The fourth-order valence-electron chi connectivity index (χ4n) is 2.67. The molecule has 0 aliphatic heterocycles. The summed E-state index contributed by atoms with van der Waals surface area (Å²) in [4.78, 5) is 12.0. The van der Waals surface area contributed by atoms with Gasteiger partial charge in [-0.3, -0.25) is 4.79 Å². The van der Waals surface area contributed by atoms with Crippen LogP contribution in [0.5, 0.6) is 5.75 Å². The Labute approximate surface area is 121 Å². The molecule has 1 saturated carbocycles. The molecule has 0 aromatic heterocycles. The average molecular weight is 276 g/mol. The summed E-state index contributed by atoms with van der Waals surface area (Å²) in [7, 11) is 1.70. The first-order valence-electron chi connectivity index (χ1n) is 7.53. The summed E-state index contributed by atoms with van der Waals surface area (Å²) in [6.07, 6.45) is 6.62. The van der Waals surface area contributed by atoms with Crippen molar-refractivity contribution in [3.8, 4) is 5.75 Å². The molecule has 20 heavy (non-hydrogen) atoms. The van der Waals surface area contributed by atoms with Gasteiger partial charge in [0.05, 0.1) is 6.61 Å². The lowest BCUT2D eigenvalue weighted by atomic mass is 9.86. The summed E-state index contributed by atoms with van der Waals surface area (Å²) < 4.78 is 10.6. The van der Waals surface area contributed by atoms with Crippen LogP contribution in [-0.4, -0.2) is 26.1 Å². The number of benzene rings is 1. The maximum atomic E-state index is 12.0. The van der Waals surface area contributed by atoms with E-state index in [9.17, 15) is 4.79 Å². The highest BCUT2D eigenvalue weighted by Gasteiger charge is 2.21. The van der Waals surface area contributed by atoms with Gasteiger partial charge < -0.3 is 9.47 Å². The molecule has 3 nitrogen and oxygen atoms in total. The van der Waals surface area contributed by atoms with Gasteiger partial charge in [0.25, 0.3) is 0 Å². The van der Waals surface area contributed by atoms with Crippen molar-refractivity contribution in [3.63, 3.8) is 0 Å². The summed E-state index contributed by atoms with van der Waals surface area (Å²) in [5.74, 6) is 1.26. The van der Waals surface area contributed by atoms with Crippen molar-refractivity contribution in [2.45, 2.75) is 38.5 Å². The van der Waals surface area contributed by atoms with Gasteiger partial charge in [0.2, 0.25) is 0 Å². The fourth-order valence-corrected chi connectivity index (χ4v) is 2.67. The number of hydrogen-bond donors (Lipinski definition) is 0. The lowest BCUT2D eigenvalue weighted by Gasteiger charge is -2.20. The van der Waals surface area contributed by atoms with E-state index in [2.05, 4.69) is 0 Å². The minimum atomic E-state index is 0.210. The Balaban J connectivity index is 1.76. The van der Waals surface area contributed by atoms with Gasteiger partial charge in [-0.2, -0.15) is 0 Å². The van der Waals surface area contributed by atoms with Crippen LogP contribution in [0.25, 0.3) is 0 Å². The normalized spacial score (nSPS) is 16.1. The van der Waals surface area contributed by atoms with E-state index in [0.29, 0.717) is 0 Å². The van der Waals surface area contributed by atoms with Crippen LogP contribution in [0.1, 0.15) is 37.7 Å². The molecule has 2 rings (SSSR count). The topological polar surface area (TPSA) is 35.5 Å². The Bertz CT molecular complexity index is 405. The van der Waals surface area contributed by atoms with E-state index >= 15 is 0 Å². The van der Waals surface area contributed by atoms with Crippen molar-refractivity contribution < 1.29 is 14.3 Å². The van der Waals surface area contributed by atoms with Gasteiger partial charge >= 0.3 is 0 Å². The zero-order chi connectivity index (χ0) is 14.2. The molecule has 0 amide bonds. The van der Waals surface area contributed by atoms with Gasteiger partial charge in [-0.1, -0.05) is 31.4 Å². The van der Waals surface area contributed by atoms with Gasteiger partial charge in [0.1, 0.15) is 12.4 Å². The van der Waals surface area contributed by atoms with Crippen molar-refractivity contribution in [1.82, 2.24) is 0 Å². The highest BCUT2D eigenvalue weighted by atomic mass is 16.5. The fraction of sp³-hybridized carbons (Fsp3) is 0.588. The second-order valence-corrected chi connectivity index (χ2v) is 5.48. The SMILES string of the molecule is COCCc1ccc(OCC(=O)C2CCCCC2)cc1. The maximum Gasteiger partial charge on any atom is 0.173 e. The molecule has 0 heterocycles. The van der Waals surface area contributed by atoms with Gasteiger partial charge in [-0.15, -0.1) is 0 Å². The average Bonchev–Trinajstić information content (AvgIpc) is 2.52. The third-order valence-electron chi connectivity index (χ3n) is 3.96. The summed E-state index contributed by atoms with van der Waals surface area (Å²) in [5.41, 5.74) is 1.22.